The monoisotopic (exact) mass is 528 g/mol. The second-order valence-electron chi connectivity index (χ2n) is 8.35. The number of ether oxygens (including phenoxy) is 1. The van der Waals surface area contributed by atoms with Gasteiger partial charge in [0.15, 0.2) is 17.2 Å². The Kier molecular flexibility index (Phi) is 8.25. The zero-order chi connectivity index (χ0) is 25.7. The molecule has 1 aromatic heterocycles. The lowest BCUT2D eigenvalue weighted by Crippen LogP contribution is -2.47. The van der Waals surface area contributed by atoms with E-state index in [4.69, 9.17) is 21.4 Å². The number of piperidine rings is 1. The Balaban J connectivity index is 1.71. The molecule has 4 rings (SSSR count). The lowest BCUT2D eigenvalue weighted by Gasteiger charge is -2.35. The zero-order valence-electron chi connectivity index (χ0n) is 19.3. The summed E-state index contributed by atoms with van der Waals surface area (Å²) in [4.78, 5) is 38.4. The fourth-order valence-corrected chi connectivity index (χ4v) is 5.66. The van der Waals surface area contributed by atoms with E-state index in [9.17, 15) is 19.5 Å². The predicted octanol–water partition coefficient (Wildman–Crippen LogP) is 4.56. The van der Waals surface area contributed by atoms with E-state index in [1.165, 1.54) is 0 Å². The van der Waals surface area contributed by atoms with Crippen LogP contribution in [0.3, 0.4) is 0 Å². The molecule has 8 nitrogen and oxygen atoms in total. The third kappa shape index (κ3) is 5.87. The van der Waals surface area contributed by atoms with Crippen molar-refractivity contribution in [3.63, 3.8) is 0 Å². The topological polar surface area (TPSA) is 116 Å². The smallest absolute Gasteiger partial charge is 0.349 e. The summed E-state index contributed by atoms with van der Waals surface area (Å²) >= 11 is 7.39. The molecule has 3 aromatic rings. The number of aromatic carboxylic acids is 1. The Labute approximate surface area is 217 Å². The molecule has 0 bridgehead atoms. The highest BCUT2D eigenvalue weighted by molar-refractivity contribution is 7.18. The van der Waals surface area contributed by atoms with E-state index in [2.05, 4.69) is 5.32 Å². The molecule has 0 atom stereocenters. The van der Waals surface area contributed by atoms with Gasteiger partial charge < -0.3 is 25.2 Å². The number of rotatable bonds is 9. The minimum absolute atomic E-state index is 0.0144. The highest BCUT2D eigenvalue weighted by atomic mass is 35.5. The largest absolute Gasteiger partial charge is 0.479 e. The Bertz CT molecular complexity index is 1260. The lowest BCUT2D eigenvalue weighted by molar-refractivity contribution is -0.139. The van der Waals surface area contributed by atoms with Gasteiger partial charge in [0.25, 0.3) is 0 Å². The first kappa shape index (κ1) is 25.7. The molecule has 1 aliphatic heterocycles. The van der Waals surface area contributed by atoms with Crippen molar-refractivity contribution >= 4 is 46.5 Å². The zero-order valence-corrected chi connectivity index (χ0v) is 20.8. The summed E-state index contributed by atoms with van der Waals surface area (Å²) in [7, 11) is 0. The molecule has 2 aromatic carbocycles. The third-order valence-corrected chi connectivity index (χ3v) is 7.55. The first-order chi connectivity index (χ1) is 17.3. The summed E-state index contributed by atoms with van der Waals surface area (Å²) in [6.45, 7) is 0.901. The van der Waals surface area contributed by atoms with Gasteiger partial charge in [-0.1, -0.05) is 54.1 Å². The molecule has 36 heavy (non-hydrogen) atoms. The van der Waals surface area contributed by atoms with E-state index >= 15 is 0 Å². The average molecular weight is 529 g/mol. The minimum Gasteiger partial charge on any atom is -0.479 e. The Morgan fingerprint density at radius 3 is 2.44 bits per heavy atom. The molecule has 1 saturated heterocycles. The number of anilines is 1. The van der Waals surface area contributed by atoms with Gasteiger partial charge in [0, 0.05) is 11.7 Å². The second kappa shape index (κ2) is 11.6. The van der Waals surface area contributed by atoms with Crippen molar-refractivity contribution in [1.82, 2.24) is 5.32 Å². The highest BCUT2D eigenvalue weighted by Crippen LogP contribution is 2.46. The van der Waals surface area contributed by atoms with Gasteiger partial charge in [0.05, 0.1) is 11.3 Å². The van der Waals surface area contributed by atoms with Crippen molar-refractivity contribution in [2.75, 3.05) is 24.6 Å². The third-order valence-electron chi connectivity index (χ3n) is 5.87. The van der Waals surface area contributed by atoms with E-state index in [0.29, 0.717) is 16.1 Å². The van der Waals surface area contributed by atoms with Crippen LogP contribution in [0, 0.1) is 0 Å². The second-order valence-corrected chi connectivity index (χ2v) is 9.75. The van der Waals surface area contributed by atoms with Crippen molar-refractivity contribution in [2.24, 2.45) is 0 Å². The number of carboxylic acids is 2. The summed E-state index contributed by atoms with van der Waals surface area (Å²) in [5.41, 5.74) is 2.22. The predicted molar refractivity (Wildman–Crippen MR) is 138 cm³/mol. The van der Waals surface area contributed by atoms with E-state index < -0.39 is 18.5 Å². The van der Waals surface area contributed by atoms with Crippen molar-refractivity contribution in [1.29, 1.82) is 0 Å². The number of halogens is 1. The number of aliphatic carboxylic acids is 1. The number of carbonyl (C=O) groups is 3. The molecular formula is C26H25ClN2O6S. The number of hydrogen-bond donors (Lipinski definition) is 3. The van der Waals surface area contributed by atoms with Gasteiger partial charge in [-0.25, -0.2) is 9.59 Å². The van der Waals surface area contributed by atoms with Crippen LogP contribution in [0.15, 0.2) is 54.6 Å². The van der Waals surface area contributed by atoms with Crippen LogP contribution in [-0.2, 0) is 16.0 Å². The van der Waals surface area contributed by atoms with Crippen LogP contribution in [0.4, 0.5) is 5.69 Å². The van der Waals surface area contributed by atoms with E-state index in [1.807, 2.05) is 47.4 Å². The van der Waals surface area contributed by atoms with Crippen LogP contribution < -0.4 is 15.0 Å². The number of nitrogens with one attached hydrogen (secondary N) is 1. The molecular weight excluding hydrogens is 504 g/mol. The molecule has 10 heteroatoms. The van der Waals surface area contributed by atoms with Crippen molar-refractivity contribution in [3.8, 4) is 16.2 Å². The maximum absolute atomic E-state index is 13.6. The molecule has 2 heterocycles. The molecule has 0 radical (unpaired) electrons. The van der Waals surface area contributed by atoms with Gasteiger partial charge >= 0.3 is 11.9 Å². The Morgan fingerprint density at radius 2 is 1.78 bits per heavy atom. The molecule has 188 valence electrons. The summed E-state index contributed by atoms with van der Waals surface area (Å²) in [5.74, 6) is -2.71. The molecule has 0 spiro atoms. The number of carbonyl (C=O) groups excluding carboxylic acids is 1. The highest BCUT2D eigenvalue weighted by Gasteiger charge is 2.29. The molecule has 1 aliphatic rings. The normalized spacial score (nSPS) is 13.8. The first-order valence-electron chi connectivity index (χ1n) is 11.4. The first-order valence-corrected chi connectivity index (χ1v) is 12.6. The van der Waals surface area contributed by atoms with Crippen molar-refractivity contribution in [2.45, 2.75) is 25.3 Å². The van der Waals surface area contributed by atoms with Crippen LogP contribution in [0.5, 0.6) is 5.75 Å². The summed E-state index contributed by atoms with van der Waals surface area (Å²) < 4.78 is 5.20. The summed E-state index contributed by atoms with van der Waals surface area (Å²) in [5, 5.41) is 21.9. The van der Waals surface area contributed by atoms with Crippen LogP contribution in [0.25, 0.3) is 10.4 Å². The van der Waals surface area contributed by atoms with E-state index in [-0.39, 0.29) is 34.0 Å². The van der Waals surface area contributed by atoms with Crippen molar-refractivity contribution in [3.05, 3.63) is 70.1 Å². The molecule has 3 N–H and O–H groups in total. The quantitative estimate of drug-likeness (QED) is 0.373. The maximum atomic E-state index is 13.6. The maximum Gasteiger partial charge on any atom is 0.349 e. The number of carboxylic acid groups (broad SMARTS) is 2. The van der Waals surface area contributed by atoms with Crippen LogP contribution >= 0.6 is 22.9 Å². The van der Waals surface area contributed by atoms with Gasteiger partial charge in [-0.05, 0) is 49.2 Å². The standard InChI is InChI=1S/C26H25ClN2O6S/c27-22-23(35-15-21(31)32)25(26(33)34)36-24(22)17-7-4-8-19(14-17)29(18-9-11-28-12-10-18)20(30)13-16-5-2-1-3-6-16/h1-8,14,18,28H,9-13,15H2,(H,31,32)(H,33,34). The Morgan fingerprint density at radius 1 is 1.06 bits per heavy atom. The van der Waals surface area contributed by atoms with E-state index in [1.54, 1.807) is 12.1 Å². The fourth-order valence-electron chi connectivity index (χ4n) is 4.26. The number of hydrogen-bond acceptors (Lipinski definition) is 6. The van der Waals surface area contributed by atoms with Crippen LogP contribution in [0.1, 0.15) is 28.1 Å². The number of benzene rings is 2. The average Bonchev–Trinajstić information content (AvgIpc) is 3.21. The van der Waals surface area contributed by atoms with Gasteiger partial charge in [-0.15, -0.1) is 11.3 Å². The number of amides is 1. The minimum atomic E-state index is -1.26. The molecule has 1 amide bonds. The van der Waals surface area contributed by atoms with Gasteiger partial charge in [0.1, 0.15) is 5.02 Å². The molecule has 0 saturated carbocycles. The lowest BCUT2D eigenvalue weighted by atomic mass is 10.0. The number of nitrogens with zero attached hydrogens (tertiary/aromatic N) is 1. The summed E-state index contributed by atoms with van der Waals surface area (Å²) in [6.07, 6.45) is 1.87. The van der Waals surface area contributed by atoms with Gasteiger partial charge in [-0.3, -0.25) is 4.79 Å². The summed E-state index contributed by atoms with van der Waals surface area (Å²) in [6, 6.07) is 16.8. The van der Waals surface area contributed by atoms with Gasteiger partial charge in [0.2, 0.25) is 5.91 Å². The molecule has 1 fully saturated rings. The van der Waals surface area contributed by atoms with E-state index in [0.717, 1.165) is 42.8 Å². The van der Waals surface area contributed by atoms with Crippen LogP contribution in [0.2, 0.25) is 5.02 Å². The Hall–Kier alpha value is -3.40. The molecule has 0 unspecified atom stereocenters. The molecule has 0 aliphatic carbocycles. The van der Waals surface area contributed by atoms with Crippen molar-refractivity contribution < 1.29 is 29.3 Å². The van der Waals surface area contributed by atoms with Crippen LogP contribution in [-0.4, -0.2) is 53.8 Å². The van der Waals surface area contributed by atoms with Gasteiger partial charge in [-0.2, -0.15) is 0 Å². The number of thiophene rings is 1. The fraction of sp³-hybridized carbons (Fsp3) is 0.269. The SMILES string of the molecule is O=C(O)COc1c(C(=O)O)sc(-c2cccc(N(C(=O)Cc3ccccc3)C3CCNCC3)c2)c1Cl.